The monoisotopic (exact) mass is 286 g/mol. The number of rotatable bonds is 6. The van der Waals surface area contributed by atoms with E-state index in [-0.39, 0.29) is 0 Å². The molecule has 2 aromatic rings. The highest BCUT2D eigenvalue weighted by molar-refractivity contribution is 5.92. The van der Waals surface area contributed by atoms with Gasteiger partial charge in [-0.25, -0.2) is 9.78 Å². The van der Waals surface area contributed by atoms with Crippen molar-refractivity contribution in [2.75, 3.05) is 0 Å². The molecule has 1 saturated carbocycles. The minimum absolute atomic E-state index is 0.339. The first-order valence-electron chi connectivity index (χ1n) is 7.81. The van der Waals surface area contributed by atoms with Crippen LogP contribution in [0.2, 0.25) is 0 Å². The van der Waals surface area contributed by atoms with Gasteiger partial charge in [-0.05, 0) is 42.9 Å². The third-order valence-electron chi connectivity index (χ3n) is 4.62. The van der Waals surface area contributed by atoms with Crippen LogP contribution in [0.5, 0.6) is 0 Å². The first-order chi connectivity index (χ1) is 10.1. The largest absolute Gasteiger partial charge is 0.478 e. The zero-order chi connectivity index (χ0) is 15.0. The van der Waals surface area contributed by atoms with Crippen LogP contribution in [-0.2, 0) is 13.0 Å². The summed E-state index contributed by atoms with van der Waals surface area (Å²) in [5.41, 5.74) is 2.64. The number of carbonyl (C=O) groups is 1. The Kier molecular flexibility index (Phi) is 3.47. The molecule has 112 valence electrons. The van der Waals surface area contributed by atoms with Gasteiger partial charge >= 0.3 is 5.97 Å². The highest BCUT2D eigenvalue weighted by atomic mass is 16.4. The molecule has 1 aromatic heterocycles. The minimum atomic E-state index is -0.877. The van der Waals surface area contributed by atoms with Crippen LogP contribution in [0.25, 0.3) is 11.0 Å². The Morgan fingerprint density at radius 2 is 2.14 bits per heavy atom. The SMILES string of the molecule is CCCC1(Cn2c(CC)nc3ccc(C(=O)O)cc32)CC1. The summed E-state index contributed by atoms with van der Waals surface area (Å²) in [6.45, 7) is 5.31. The number of hydrogen-bond acceptors (Lipinski definition) is 2. The average Bonchev–Trinajstić information content (AvgIpc) is 3.13. The van der Waals surface area contributed by atoms with Gasteiger partial charge in [0.2, 0.25) is 0 Å². The molecule has 0 bridgehead atoms. The molecule has 3 rings (SSSR count). The Hall–Kier alpha value is -1.84. The van der Waals surface area contributed by atoms with E-state index in [9.17, 15) is 9.90 Å². The Morgan fingerprint density at radius 3 is 2.71 bits per heavy atom. The number of hydrogen-bond donors (Lipinski definition) is 1. The number of aromatic nitrogens is 2. The normalized spacial score (nSPS) is 16.3. The van der Waals surface area contributed by atoms with Crippen molar-refractivity contribution in [3.63, 3.8) is 0 Å². The number of carboxylic acids is 1. The third-order valence-corrected chi connectivity index (χ3v) is 4.62. The van der Waals surface area contributed by atoms with E-state index in [2.05, 4.69) is 23.4 Å². The predicted molar refractivity (Wildman–Crippen MR) is 82.6 cm³/mol. The molecular formula is C17H22N2O2. The maximum atomic E-state index is 11.2. The Labute approximate surface area is 124 Å². The fourth-order valence-corrected chi connectivity index (χ4v) is 3.28. The van der Waals surface area contributed by atoms with Crippen LogP contribution in [0.1, 0.15) is 55.7 Å². The first-order valence-corrected chi connectivity index (χ1v) is 7.81. The summed E-state index contributed by atoms with van der Waals surface area (Å²) in [7, 11) is 0. The molecule has 1 fully saturated rings. The number of aryl methyl sites for hydroxylation is 1. The summed E-state index contributed by atoms with van der Waals surface area (Å²) in [5.74, 6) is 0.187. The van der Waals surface area contributed by atoms with Gasteiger partial charge in [-0.3, -0.25) is 0 Å². The molecule has 0 atom stereocenters. The van der Waals surface area contributed by atoms with E-state index in [4.69, 9.17) is 0 Å². The zero-order valence-corrected chi connectivity index (χ0v) is 12.7. The lowest BCUT2D eigenvalue weighted by molar-refractivity contribution is 0.0697. The molecule has 4 heteroatoms. The van der Waals surface area contributed by atoms with Gasteiger partial charge in [0, 0.05) is 13.0 Å². The second-order valence-electron chi connectivity index (χ2n) is 6.23. The summed E-state index contributed by atoms with van der Waals surface area (Å²) in [6, 6.07) is 5.24. The maximum absolute atomic E-state index is 11.2. The molecule has 1 N–H and O–H groups in total. The first kappa shape index (κ1) is 14.1. The van der Waals surface area contributed by atoms with Crippen molar-refractivity contribution in [1.82, 2.24) is 9.55 Å². The van der Waals surface area contributed by atoms with E-state index in [0.717, 1.165) is 29.8 Å². The minimum Gasteiger partial charge on any atom is -0.478 e. The van der Waals surface area contributed by atoms with Crippen molar-refractivity contribution in [3.05, 3.63) is 29.6 Å². The van der Waals surface area contributed by atoms with Crippen molar-refractivity contribution < 1.29 is 9.90 Å². The second-order valence-corrected chi connectivity index (χ2v) is 6.23. The van der Waals surface area contributed by atoms with E-state index in [1.165, 1.54) is 25.7 Å². The van der Waals surface area contributed by atoms with Crippen LogP contribution >= 0.6 is 0 Å². The van der Waals surface area contributed by atoms with Crippen molar-refractivity contribution >= 4 is 17.0 Å². The predicted octanol–water partition coefficient (Wildman–Crippen LogP) is 3.88. The molecule has 0 amide bonds. The van der Waals surface area contributed by atoms with Crippen LogP contribution in [0, 0.1) is 5.41 Å². The summed E-state index contributed by atoms with van der Waals surface area (Å²) in [5, 5.41) is 9.20. The van der Waals surface area contributed by atoms with Crippen molar-refractivity contribution in [2.24, 2.45) is 5.41 Å². The van der Waals surface area contributed by atoms with Gasteiger partial charge < -0.3 is 9.67 Å². The average molecular weight is 286 g/mol. The summed E-state index contributed by atoms with van der Waals surface area (Å²) >= 11 is 0. The van der Waals surface area contributed by atoms with Crippen LogP contribution in [-0.4, -0.2) is 20.6 Å². The van der Waals surface area contributed by atoms with E-state index in [1.54, 1.807) is 12.1 Å². The van der Waals surface area contributed by atoms with Crippen molar-refractivity contribution in [2.45, 2.75) is 52.5 Å². The van der Waals surface area contributed by atoms with Gasteiger partial charge in [0.15, 0.2) is 0 Å². The van der Waals surface area contributed by atoms with E-state index >= 15 is 0 Å². The fourth-order valence-electron chi connectivity index (χ4n) is 3.28. The van der Waals surface area contributed by atoms with Gasteiger partial charge in [-0.15, -0.1) is 0 Å². The lowest BCUT2D eigenvalue weighted by Gasteiger charge is -2.17. The molecular weight excluding hydrogens is 264 g/mol. The van der Waals surface area contributed by atoms with Gasteiger partial charge in [-0.1, -0.05) is 20.3 Å². The fraction of sp³-hybridized carbons (Fsp3) is 0.529. The second kappa shape index (κ2) is 5.17. The van der Waals surface area contributed by atoms with Gasteiger partial charge in [0.05, 0.1) is 16.6 Å². The van der Waals surface area contributed by atoms with Gasteiger partial charge in [0.1, 0.15) is 5.82 Å². The molecule has 1 heterocycles. The molecule has 4 nitrogen and oxygen atoms in total. The Bertz CT molecular complexity index is 683. The third kappa shape index (κ3) is 2.55. The molecule has 1 aliphatic carbocycles. The summed E-state index contributed by atoms with van der Waals surface area (Å²) in [6.07, 6.45) is 5.88. The molecule has 1 aromatic carbocycles. The van der Waals surface area contributed by atoms with Crippen LogP contribution in [0.3, 0.4) is 0 Å². The quantitative estimate of drug-likeness (QED) is 0.876. The summed E-state index contributed by atoms with van der Waals surface area (Å²) < 4.78 is 2.25. The van der Waals surface area contributed by atoms with Crippen LogP contribution < -0.4 is 0 Å². The molecule has 0 saturated heterocycles. The van der Waals surface area contributed by atoms with Crippen LogP contribution in [0.15, 0.2) is 18.2 Å². The topological polar surface area (TPSA) is 55.1 Å². The van der Waals surface area contributed by atoms with Crippen molar-refractivity contribution in [1.29, 1.82) is 0 Å². The Balaban J connectivity index is 2.05. The molecule has 0 radical (unpaired) electrons. The lowest BCUT2D eigenvalue weighted by atomic mass is 10.0. The molecule has 0 unspecified atom stereocenters. The smallest absolute Gasteiger partial charge is 0.335 e. The standard InChI is InChI=1S/C17H22N2O2/c1-3-7-17(8-9-17)11-19-14-10-12(16(20)21)5-6-13(14)18-15(19)4-2/h5-6,10H,3-4,7-9,11H2,1-2H3,(H,20,21). The number of nitrogens with zero attached hydrogens (tertiary/aromatic N) is 2. The molecule has 1 aliphatic rings. The van der Waals surface area contributed by atoms with E-state index in [1.807, 2.05) is 6.07 Å². The van der Waals surface area contributed by atoms with Crippen molar-refractivity contribution in [3.8, 4) is 0 Å². The summed E-state index contributed by atoms with van der Waals surface area (Å²) in [4.78, 5) is 15.9. The van der Waals surface area contributed by atoms with Gasteiger partial charge in [-0.2, -0.15) is 0 Å². The number of aromatic carboxylic acids is 1. The highest BCUT2D eigenvalue weighted by Gasteiger charge is 2.42. The van der Waals surface area contributed by atoms with E-state index in [0.29, 0.717) is 11.0 Å². The number of carboxylic acid groups (broad SMARTS) is 1. The lowest BCUT2D eigenvalue weighted by Crippen LogP contribution is -2.14. The van der Waals surface area contributed by atoms with E-state index < -0.39 is 5.97 Å². The highest BCUT2D eigenvalue weighted by Crippen LogP contribution is 2.51. The molecule has 0 spiro atoms. The number of fused-ring (bicyclic) bond motifs is 1. The Morgan fingerprint density at radius 1 is 1.38 bits per heavy atom. The molecule has 0 aliphatic heterocycles. The zero-order valence-electron chi connectivity index (χ0n) is 12.7. The maximum Gasteiger partial charge on any atom is 0.335 e. The van der Waals surface area contributed by atoms with Crippen LogP contribution in [0.4, 0.5) is 0 Å². The molecule has 21 heavy (non-hydrogen) atoms. The number of benzene rings is 1. The number of imidazole rings is 1. The van der Waals surface area contributed by atoms with Gasteiger partial charge in [0.25, 0.3) is 0 Å².